The number of nitrogen functional groups attached to an aromatic ring is 1. The van der Waals surface area contributed by atoms with Gasteiger partial charge in [0.2, 0.25) is 10.0 Å². The van der Waals surface area contributed by atoms with Crippen molar-refractivity contribution in [2.75, 3.05) is 12.3 Å². The molecule has 4 nitrogen and oxygen atoms in total. The number of hydrogen-bond donors (Lipinski definition) is 2. The molecular formula is C14H17ClN2O2S2. The van der Waals surface area contributed by atoms with Crippen LogP contribution < -0.4 is 10.5 Å². The van der Waals surface area contributed by atoms with Gasteiger partial charge in [-0.2, -0.15) is 0 Å². The van der Waals surface area contributed by atoms with E-state index in [2.05, 4.69) is 4.72 Å². The van der Waals surface area contributed by atoms with Crippen LogP contribution in [0.2, 0.25) is 4.34 Å². The minimum Gasteiger partial charge on any atom is -0.398 e. The highest BCUT2D eigenvalue weighted by atomic mass is 35.5. The van der Waals surface area contributed by atoms with Crippen LogP contribution in [0.15, 0.2) is 29.2 Å². The third-order valence-corrected chi connectivity index (χ3v) is 6.00. The van der Waals surface area contributed by atoms with Gasteiger partial charge in [-0.3, -0.25) is 0 Å². The zero-order chi connectivity index (χ0) is 15.6. The van der Waals surface area contributed by atoms with E-state index in [1.54, 1.807) is 19.1 Å². The molecule has 0 radical (unpaired) electrons. The van der Waals surface area contributed by atoms with Gasteiger partial charge in [0.05, 0.1) is 9.23 Å². The van der Waals surface area contributed by atoms with Crippen LogP contribution >= 0.6 is 22.9 Å². The van der Waals surface area contributed by atoms with Gasteiger partial charge in [0.1, 0.15) is 0 Å². The average Bonchev–Trinajstić information content (AvgIpc) is 2.79. The van der Waals surface area contributed by atoms with Gasteiger partial charge < -0.3 is 5.73 Å². The molecule has 0 atom stereocenters. The maximum Gasteiger partial charge on any atom is 0.240 e. The molecule has 0 fully saturated rings. The second kappa shape index (κ2) is 6.36. The van der Waals surface area contributed by atoms with E-state index < -0.39 is 10.0 Å². The Labute approximate surface area is 134 Å². The lowest BCUT2D eigenvalue weighted by Crippen LogP contribution is -2.26. The summed E-state index contributed by atoms with van der Waals surface area (Å²) in [5, 5.41) is 0. The molecule has 114 valence electrons. The van der Waals surface area contributed by atoms with Crippen LogP contribution in [-0.2, 0) is 16.4 Å². The second-order valence-electron chi connectivity index (χ2n) is 4.83. The van der Waals surface area contributed by atoms with Gasteiger partial charge in [0.15, 0.2) is 0 Å². The van der Waals surface area contributed by atoms with Crippen molar-refractivity contribution in [2.24, 2.45) is 0 Å². The topological polar surface area (TPSA) is 72.2 Å². The smallest absolute Gasteiger partial charge is 0.240 e. The van der Waals surface area contributed by atoms with Crippen LogP contribution in [0.1, 0.15) is 16.0 Å². The molecule has 0 aliphatic heterocycles. The van der Waals surface area contributed by atoms with Gasteiger partial charge in [-0.1, -0.05) is 11.6 Å². The molecule has 1 aromatic heterocycles. The fourth-order valence-electron chi connectivity index (χ4n) is 2.00. The lowest BCUT2D eigenvalue weighted by molar-refractivity contribution is 0.581. The van der Waals surface area contributed by atoms with Crippen LogP contribution in [0.25, 0.3) is 0 Å². The Bertz CT molecular complexity index is 754. The largest absolute Gasteiger partial charge is 0.398 e. The molecular weight excluding hydrogens is 328 g/mol. The number of hydrogen-bond acceptors (Lipinski definition) is 4. The van der Waals surface area contributed by atoms with Crippen molar-refractivity contribution in [3.8, 4) is 0 Å². The summed E-state index contributed by atoms with van der Waals surface area (Å²) in [6.07, 6.45) is 0.608. The predicted molar refractivity (Wildman–Crippen MR) is 88.5 cm³/mol. The minimum absolute atomic E-state index is 0.240. The minimum atomic E-state index is -3.56. The van der Waals surface area contributed by atoms with Gasteiger partial charge in [-0.15, -0.1) is 11.3 Å². The van der Waals surface area contributed by atoms with E-state index in [9.17, 15) is 8.42 Å². The second-order valence-corrected chi connectivity index (χ2v) is 8.37. The monoisotopic (exact) mass is 344 g/mol. The van der Waals surface area contributed by atoms with E-state index in [4.69, 9.17) is 17.3 Å². The van der Waals surface area contributed by atoms with E-state index in [0.29, 0.717) is 28.6 Å². The van der Waals surface area contributed by atoms with Gasteiger partial charge in [0, 0.05) is 17.1 Å². The van der Waals surface area contributed by atoms with Gasteiger partial charge in [0.25, 0.3) is 0 Å². The molecule has 0 bridgehead atoms. The fourth-order valence-corrected chi connectivity index (χ4v) is 4.48. The molecule has 2 rings (SSSR count). The zero-order valence-corrected chi connectivity index (χ0v) is 14.2. The first kappa shape index (κ1) is 16.3. The van der Waals surface area contributed by atoms with Crippen molar-refractivity contribution in [1.29, 1.82) is 0 Å². The summed E-state index contributed by atoms with van der Waals surface area (Å²) in [6, 6.07) is 7.11. The molecule has 7 heteroatoms. The van der Waals surface area contributed by atoms with Crippen LogP contribution in [0.5, 0.6) is 0 Å². The maximum absolute atomic E-state index is 12.4. The number of aryl methyl sites for hydroxylation is 1. The highest BCUT2D eigenvalue weighted by Gasteiger charge is 2.18. The molecule has 2 aromatic rings. The van der Waals surface area contributed by atoms with Crippen molar-refractivity contribution >= 4 is 38.6 Å². The van der Waals surface area contributed by atoms with Crippen LogP contribution in [0.4, 0.5) is 5.69 Å². The molecule has 1 aromatic carbocycles. The average molecular weight is 345 g/mol. The predicted octanol–water partition coefficient (Wildman–Crippen LogP) is 3.12. The Morgan fingerprint density at radius 2 is 2.00 bits per heavy atom. The summed E-state index contributed by atoms with van der Waals surface area (Å²) in [4.78, 5) is 1.28. The number of halogens is 1. The summed E-state index contributed by atoms with van der Waals surface area (Å²) >= 11 is 7.30. The summed E-state index contributed by atoms with van der Waals surface area (Å²) in [6.45, 7) is 3.86. The number of nitrogens with one attached hydrogen (secondary N) is 1. The number of sulfonamides is 1. The van der Waals surface area contributed by atoms with Crippen LogP contribution in [0.3, 0.4) is 0 Å². The quantitative estimate of drug-likeness (QED) is 0.818. The molecule has 0 saturated heterocycles. The molecule has 21 heavy (non-hydrogen) atoms. The highest BCUT2D eigenvalue weighted by molar-refractivity contribution is 7.89. The van der Waals surface area contributed by atoms with Crippen molar-refractivity contribution in [1.82, 2.24) is 4.72 Å². The molecule has 3 N–H and O–H groups in total. The van der Waals surface area contributed by atoms with Crippen LogP contribution in [-0.4, -0.2) is 15.0 Å². The molecule has 0 aliphatic carbocycles. The highest BCUT2D eigenvalue weighted by Crippen LogP contribution is 2.24. The molecule has 0 saturated carbocycles. The third kappa shape index (κ3) is 3.97. The standard InChI is InChI=1S/C14H17ClN2O2S2/c1-9-7-12(16)10(2)13(8-9)21(18,19)17-6-5-11-3-4-14(15)20-11/h3-4,7-8,17H,5-6,16H2,1-2H3. The Balaban J connectivity index is 2.12. The molecule has 0 aliphatic rings. The SMILES string of the molecule is Cc1cc(N)c(C)c(S(=O)(=O)NCCc2ccc(Cl)s2)c1. The molecule has 0 amide bonds. The van der Waals surface area contributed by atoms with E-state index in [-0.39, 0.29) is 4.90 Å². The number of benzene rings is 1. The van der Waals surface area contributed by atoms with Gasteiger partial charge >= 0.3 is 0 Å². The van der Waals surface area contributed by atoms with Crippen LogP contribution in [0, 0.1) is 13.8 Å². The maximum atomic E-state index is 12.4. The lowest BCUT2D eigenvalue weighted by atomic mass is 10.1. The molecule has 1 heterocycles. The van der Waals surface area contributed by atoms with Gasteiger partial charge in [-0.25, -0.2) is 13.1 Å². The summed E-state index contributed by atoms with van der Waals surface area (Å²) in [7, 11) is -3.56. The van der Waals surface area contributed by atoms with Crippen molar-refractivity contribution in [2.45, 2.75) is 25.2 Å². The lowest BCUT2D eigenvalue weighted by Gasteiger charge is -2.12. The number of anilines is 1. The summed E-state index contributed by atoms with van der Waals surface area (Å²) < 4.78 is 28.0. The van der Waals surface area contributed by atoms with E-state index in [1.165, 1.54) is 11.3 Å². The van der Waals surface area contributed by atoms with Crippen molar-refractivity contribution < 1.29 is 8.42 Å². The molecule has 0 unspecified atom stereocenters. The Morgan fingerprint density at radius 3 is 2.62 bits per heavy atom. The van der Waals surface area contributed by atoms with Crippen molar-refractivity contribution in [3.05, 3.63) is 44.6 Å². The summed E-state index contributed by atoms with van der Waals surface area (Å²) in [5.74, 6) is 0. The first-order valence-corrected chi connectivity index (χ1v) is 9.08. The van der Waals surface area contributed by atoms with Gasteiger partial charge in [-0.05, 0) is 55.7 Å². The Hall–Kier alpha value is -1.08. The number of rotatable bonds is 5. The number of thiophene rings is 1. The first-order chi connectivity index (χ1) is 9.79. The Morgan fingerprint density at radius 1 is 1.29 bits per heavy atom. The zero-order valence-electron chi connectivity index (χ0n) is 11.8. The van der Waals surface area contributed by atoms with E-state index >= 15 is 0 Å². The number of nitrogens with two attached hydrogens (primary N) is 1. The normalized spacial score (nSPS) is 11.8. The molecule has 0 spiro atoms. The first-order valence-electron chi connectivity index (χ1n) is 6.40. The van der Waals surface area contributed by atoms with Crippen molar-refractivity contribution in [3.63, 3.8) is 0 Å². The fraction of sp³-hybridized carbons (Fsp3) is 0.286. The van der Waals surface area contributed by atoms with E-state index in [0.717, 1.165) is 10.4 Å². The Kier molecular flexibility index (Phi) is 4.93. The third-order valence-electron chi connectivity index (χ3n) is 3.13. The summed E-state index contributed by atoms with van der Waals surface area (Å²) in [5.41, 5.74) is 7.72. The van der Waals surface area contributed by atoms with E-state index in [1.807, 2.05) is 19.1 Å².